The molecule has 3 heterocycles. The van der Waals surface area contributed by atoms with Crippen molar-refractivity contribution in [1.82, 2.24) is 55.6 Å². The van der Waals surface area contributed by atoms with Crippen molar-refractivity contribution in [2.75, 3.05) is 61.5 Å². The maximum Gasteiger partial charge on any atom is 0.417 e. The standard InChI is InChI=1S/C69H105ClF3N11O12/c1-13-42(6)57-66(94)81(11)54(39-96-46-25-26-46)65(93)84-33-29-51(84)64(92)80(10)53(37-44-20-15-14-16-21-44)63(91)78(8)38-55(85)75-49(28-24-45-23-27-47(48(70)36-45)69(71,72)73)62(90)83-32-19-22-50(83)60(88)77-68(30-17-18-31-68)67(95)82(12)58(41(4)5)61(89)74-43(7)35-56(86)79(9)52(34-40(2)3)59(87)76-57/h23,27,36,40-44,46,49-54,57-58H,13-22,24-26,28-35,37-39H2,1-12H3,(H,74,89)(H,75,85)(H,76,87)(H,77,88)/t42-,43+,49-,50-,51-,52-,53-,54-,57-,58-/m0/s1. The van der Waals surface area contributed by atoms with Crippen LogP contribution in [-0.4, -0.2) is 227 Å². The molecule has 7 rings (SSSR count). The van der Waals surface area contributed by atoms with E-state index in [1.807, 2.05) is 20.8 Å². The molecule has 10 atom stereocenters. The van der Waals surface area contributed by atoms with Gasteiger partial charge in [-0.3, -0.25) is 52.7 Å². The van der Waals surface area contributed by atoms with Gasteiger partial charge in [-0.25, -0.2) is 0 Å². The Hall–Kier alpha value is -6.57. The van der Waals surface area contributed by atoms with Crippen LogP contribution < -0.4 is 21.3 Å². The number of hydrogen-bond donors (Lipinski definition) is 4. The first-order valence-corrected chi connectivity index (χ1v) is 35.2. The number of aryl methyl sites for hydroxylation is 1. The number of nitrogens with one attached hydrogen (secondary N) is 4. The first-order chi connectivity index (χ1) is 45.2. The van der Waals surface area contributed by atoms with E-state index in [2.05, 4.69) is 21.3 Å². The van der Waals surface area contributed by atoms with Crippen LogP contribution >= 0.6 is 11.6 Å². The zero-order chi connectivity index (χ0) is 70.8. The number of carbonyl (C=O) groups excluding carboxylic acids is 11. The Morgan fingerprint density at radius 3 is 1.89 bits per heavy atom. The van der Waals surface area contributed by atoms with Crippen molar-refractivity contribution in [3.05, 3.63) is 34.3 Å². The van der Waals surface area contributed by atoms with Crippen molar-refractivity contribution in [3.63, 3.8) is 0 Å². The number of halogens is 4. The SMILES string of the molecule is CC[C@H](C)[C@@H]1NC(=O)[C@H](CC(C)C)N(C)C(=O)C[C@@H](C)NC(=O)[C@H](C(C)C)N(C)C(=O)C2(CCCC2)NC(=O)[C@@H]2CCCN2C(=O)[C@H](CCc2ccc(C(F)(F)F)c(Cl)c2)NC(=O)CN(C)C(=O)[C@H](CC2CCCCC2)N(C)C(=O)[C@@H]2CCN2C(=O)[C@H](COC2CC2)N(C)C1=O. The van der Waals surface area contributed by atoms with Gasteiger partial charge in [-0.15, -0.1) is 0 Å². The Bertz CT molecular complexity index is 2990. The quantitative estimate of drug-likeness (QED) is 0.181. The lowest BCUT2D eigenvalue weighted by Gasteiger charge is -2.45. The van der Waals surface area contributed by atoms with E-state index >= 15 is 28.8 Å². The molecule has 3 aliphatic heterocycles. The molecule has 3 aliphatic carbocycles. The number of benzene rings is 1. The Morgan fingerprint density at radius 1 is 0.656 bits per heavy atom. The zero-order valence-electron chi connectivity index (χ0n) is 58.3. The summed E-state index contributed by atoms with van der Waals surface area (Å²) in [4.78, 5) is 172. The number of rotatable bonds is 13. The summed E-state index contributed by atoms with van der Waals surface area (Å²) < 4.78 is 47.6. The fraction of sp³-hybridized carbons (Fsp3) is 0.754. The predicted molar refractivity (Wildman–Crippen MR) is 353 cm³/mol. The lowest BCUT2D eigenvalue weighted by Crippen LogP contribution is -2.66. The molecule has 3 saturated heterocycles. The van der Waals surface area contributed by atoms with Crippen molar-refractivity contribution in [3.8, 4) is 0 Å². The molecular weight excluding hydrogens is 1270 g/mol. The minimum absolute atomic E-state index is 0.0234. The predicted octanol–water partition coefficient (Wildman–Crippen LogP) is 5.85. The van der Waals surface area contributed by atoms with Crippen LogP contribution in [0, 0.1) is 23.7 Å². The molecule has 1 aromatic rings. The maximum atomic E-state index is 15.1. The Kier molecular flexibility index (Phi) is 26.7. The van der Waals surface area contributed by atoms with Crippen LogP contribution in [0.15, 0.2) is 18.2 Å². The van der Waals surface area contributed by atoms with E-state index in [4.69, 9.17) is 16.3 Å². The van der Waals surface area contributed by atoms with Gasteiger partial charge in [0, 0.05) is 60.8 Å². The second-order valence-corrected chi connectivity index (χ2v) is 29.3. The molecule has 0 aromatic heterocycles. The highest BCUT2D eigenvalue weighted by Crippen LogP contribution is 2.37. The van der Waals surface area contributed by atoms with Crippen molar-refractivity contribution < 1.29 is 70.6 Å². The number of fused-ring (bicyclic) bond motifs is 2. The third-order valence-electron chi connectivity index (χ3n) is 20.7. The Morgan fingerprint density at radius 2 is 1.30 bits per heavy atom. The molecule has 536 valence electrons. The van der Waals surface area contributed by atoms with E-state index in [1.54, 1.807) is 27.7 Å². The fourth-order valence-corrected chi connectivity index (χ4v) is 14.8. The summed E-state index contributed by atoms with van der Waals surface area (Å²) in [7, 11) is 7.31. The molecule has 0 radical (unpaired) electrons. The molecule has 6 fully saturated rings. The zero-order valence-corrected chi connectivity index (χ0v) is 59.1. The van der Waals surface area contributed by atoms with Gasteiger partial charge < -0.3 is 60.3 Å². The van der Waals surface area contributed by atoms with Gasteiger partial charge in [0.1, 0.15) is 53.9 Å². The molecule has 1 spiro atoms. The molecule has 27 heteroatoms. The summed E-state index contributed by atoms with van der Waals surface area (Å²) >= 11 is 6.14. The van der Waals surface area contributed by atoms with Gasteiger partial charge in [-0.05, 0) is 119 Å². The third kappa shape index (κ3) is 18.8. The average Bonchev–Trinajstić information content (AvgIpc) is 1.28. The summed E-state index contributed by atoms with van der Waals surface area (Å²) in [6.45, 7) is 12.0. The number of alkyl halides is 3. The van der Waals surface area contributed by atoms with Crippen LogP contribution in [0.25, 0.3) is 0 Å². The molecule has 3 saturated carbocycles. The van der Waals surface area contributed by atoms with Gasteiger partial charge in [0.25, 0.3) is 0 Å². The minimum Gasteiger partial charge on any atom is -0.376 e. The molecule has 0 bridgehead atoms. The van der Waals surface area contributed by atoms with Gasteiger partial charge in [-0.1, -0.05) is 111 Å². The first-order valence-electron chi connectivity index (χ1n) is 34.8. The van der Waals surface area contributed by atoms with Crippen LogP contribution in [0.2, 0.25) is 5.02 Å². The number of hydrogen-bond acceptors (Lipinski definition) is 12. The molecule has 6 aliphatic rings. The van der Waals surface area contributed by atoms with Gasteiger partial charge in [0.05, 0.1) is 29.8 Å². The van der Waals surface area contributed by atoms with Crippen LogP contribution in [0.5, 0.6) is 0 Å². The topological polar surface area (TPSA) is 268 Å². The molecular formula is C69H105ClF3N11O12. The number of likely N-dealkylation sites (N-methyl/N-ethyl adjacent to an activating group) is 5. The second-order valence-electron chi connectivity index (χ2n) is 28.9. The van der Waals surface area contributed by atoms with Crippen molar-refractivity contribution >= 4 is 76.6 Å². The molecule has 0 unspecified atom stereocenters. The highest BCUT2D eigenvalue weighted by Gasteiger charge is 2.51. The highest BCUT2D eigenvalue weighted by atomic mass is 35.5. The van der Waals surface area contributed by atoms with Gasteiger partial charge in [0.2, 0.25) is 65.0 Å². The van der Waals surface area contributed by atoms with E-state index in [1.165, 1.54) is 70.7 Å². The van der Waals surface area contributed by atoms with Crippen molar-refractivity contribution in [1.29, 1.82) is 0 Å². The second kappa shape index (κ2) is 33.3. The highest BCUT2D eigenvalue weighted by molar-refractivity contribution is 6.31. The normalized spacial score (nSPS) is 28.2. The molecule has 23 nitrogen and oxygen atoms in total. The monoisotopic (exact) mass is 1370 g/mol. The molecule has 96 heavy (non-hydrogen) atoms. The van der Waals surface area contributed by atoms with Gasteiger partial charge >= 0.3 is 6.18 Å². The van der Waals surface area contributed by atoms with Crippen LogP contribution in [0.4, 0.5) is 13.2 Å². The number of nitrogens with zero attached hydrogens (tertiary/aromatic N) is 7. The number of amides is 11. The van der Waals surface area contributed by atoms with Gasteiger partial charge in [0.15, 0.2) is 0 Å². The summed E-state index contributed by atoms with van der Waals surface area (Å²) in [5.41, 5.74) is -2.25. The summed E-state index contributed by atoms with van der Waals surface area (Å²) in [5.74, 6) is -7.74. The largest absolute Gasteiger partial charge is 0.417 e. The Labute approximate surface area is 569 Å². The van der Waals surface area contributed by atoms with E-state index in [0.717, 1.165) is 62.0 Å². The molecule has 4 N–H and O–H groups in total. The first kappa shape index (κ1) is 76.8. The lowest BCUT2D eigenvalue weighted by atomic mass is 9.84. The van der Waals surface area contributed by atoms with Crippen LogP contribution in [0.1, 0.15) is 182 Å². The average molecular weight is 1370 g/mol. The maximum absolute atomic E-state index is 15.1. The van der Waals surface area contributed by atoms with Crippen molar-refractivity contribution in [2.24, 2.45) is 23.7 Å². The lowest BCUT2D eigenvalue weighted by molar-refractivity contribution is -0.162. The Balaban J connectivity index is 1.25. The third-order valence-corrected chi connectivity index (χ3v) is 21.1. The van der Waals surface area contributed by atoms with E-state index in [9.17, 15) is 37.1 Å². The summed E-state index contributed by atoms with van der Waals surface area (Å²) in [5, 5.41) is 11.1. The number of ether oxygens (including phenoxy) is 1. The fourth-order valence-electron chi connectivity index (χ4n) is 14.5. The smallest absolute Gasteiger partial charge is 0.376 e. The van der Waals surface area contributed by atoms with Crippen LogP contribution in [0.3, 0.4) is 0 Å². The van der Waals surface area contributed by atoms with Crippen molar-refractivity contribution in [2.45, 2.75) is 249 Å². The number of carbonyl (C=O) groups is 11. The van der Waals surface area contributed by atoms with E-state index in [0.29, 0.717) is 31.2 Å². The van der Waals surface area contributed by atoms with E-state index in [-0.39, 0.29) is 95.4 Å². The summed E-state index contributed by atoms with van der Waals surface area (Å²) in [6.07, 6.45) is 3.57. The van der Waals surface area contributed by atoms with Gasteiger partial charge in [-0.2, -0.15) is 13.2 Å². The minimum atomic E-state index is -4.75. The molecule has 11 amide bonds. The summed E-state index contributed by atoms with van der Waals surface area (Å²) in [6, 6.07) is -6.99. The molecule has 1 aromatic carbocycles. The van der Waals surface area contributed by atoms with E-state index < -0.39 is 160 Å². The van der Waals surface area contributed by atoms with Crippen LogP contribution in [-0.2, 0) is 70.1 Å².